The number of hydrogen-bond donors (Lipinski definition) is 2. The van der Waals surface area contributed by atoms with E-state index in [1.165, 1.54) is 10.7 Å². The number of carbonyl (C=O) groups is 1. The minimum Gasteiger partial charge on any atom is -0.345 e. The molecule has 0 aliphatic rings. The van der Waals surface area contributed by atoms with Crippen molar-refractivity contribution in [2.24, 2.45) is 14.1 Å². The van der Waals surface area contributed by atoms with Gasteiger partial charge < -0.3 is 9.88 Å². The third kappa shape index (κ3) is 3.81. The summed E-state index contributed by atoms with van der Waals surface area (Å²) < 4.78 is 3.13. The molecule has 3 aromatic heterocycles. The van der Waals surface area contributed by atoms with Crippen molar-refractivity contribution >= 4 is 28.6 Å². The van der Waals surface area contributed by atoms with E-state index in [1.807, 2.05) is 36.7 Å². The van der Waals surface area contributed by atoms with Crippen molar-refractivity contribution in [1.82, 2.24) is 29.9 Å². The summed E-state index contributed by atoms with van der Waals surface area (Å²) in [6, 6.07) is 11.0. The number of amides is 1. The summed E-state index contributed by atoms with van der Waals surface area (Å²) in [5, 5.41) is 15.0. The smallest absolute Gasteiger partial charge is 0.268 e. The predicted octanol–water partition coefficient (Wildman–Crippen LogP) is 2.38. The maximum atomic E-state index is 12.7. The molecule has 0 fully saturated rings. The summed E-state index contributed by atoms with van der Waals surface area (Å²) >= 11 is 1.61. The number of hydrogen-bond acceptors (Lipinski definition) is 5. The van der Waals surface area contributed by atoms with E-state index in [9.17, 15) is 9.59 Å². The van der Waals surface area contributed by atoms with Gasteiger partial charge in [-0.1, -0.05) is 11.8 Å². The first-order valence-corrected chi connectivity index (χ1v) is 9.83. The highest BCUT2D eigenvalue weighted by Crippen LogP contribution is 2.33. The zero-order chi connectivity index (χ0) is 20.5. The Morgan fingerprint density at radius 2 is 2.03 bits per heavy atom. The second-order valence-electron chi connectivity index (χ2n) is 6.73. The zero-order valence-corrected chi connectivity index (χ0v) is 17.1. The first-order chi connectivity index (χ1) is 13.9. The number of H-pyrrole nitrogens is 1. The highest BCUT2D eigenvalue weighted by atomic mass is 32.2. The van der Waals surface area contributed by atoms with Gasteiger partial charge in [0.15, 0.2) is 0 Å². The van der Waals surface area contributed by atoms with Crippen LogP contribution in [0.25, 0.3) is 10.9 Å². The van der Waals surface area contributed by atoms with E-state index in [-0.39, 0.29) is 18.0 Å². The molecule has 9 heteroatoms. The minimum absolute atomic E-state index is 0.187. The van der Waals surface area contributed by atoms with Crippen LogP contribution in [0.5, 0.6) is 0 Å². The highest BCUT2D eigenvalue weighted by molar-refractivity contribution is 7.99. The van der Waals surface area contributed by atoms with Gasteiger partial charge in [-0.15, -0.1) is 0 Å². The molecule has 2 N–H and O–H groups in total. The molecule has 0 aliphatic heterocycles. The summed E-state index contributed by atoms with van der Waals surface area (Å²) in [6.45, 7) is 2.24. The molecule has 148 valence electrons. The molecule has 1 amide bonds. The number of benzene rings is 1. The Kier molecular flexibility index (Phi) is 4.98. The topological polar surface area (TPSA) is 97.6 Å². The fraction of sp³-hybridized carbons (Fsp3) is 0.200. The van der Waals surface area contributed by atoms with E-state index in [4.69, 9.17) is 0 Å². The van der Waals surface area contributed by atoms with E-state index in [2.05, 4.69) is 26.7 Å². The molecule has 0 bridgehead atoms. The van der Waals surface area contributed by atoms with Crippen molar-refractivity contribution in [2.45, 2.75) is 23.3 Å². The Morgan fingerprint density at radius 1 is 1.21 bits per heavy atom. The van der Waals surface area contributed by atoms with Crippen LogP contribution in [0.3, 0.4) is 0 Å². The fourth-order valence-corrected chi connectivity index (χ4v) is 4.04. The molecule has 1 aromatic carbocycles. The van der Waals surface area contributed by atoms with E-state index >= 15 is 0 Å². The molecular formula is C20H20N6O2S. The minimum atomic E-state index is -0.191. The lowest BCUT2D eigenvalue weighted by atomic mass is 10.3. The number of aromatic nitrogens is 5. The standard InChI is InChI=1S/C20H20N6O2S/c1-12-18(29-15-5-6-16-13(8-15)10-22-23-16)9-17(25(12)2)20(28)21-11-14-4-7-19(27)26(3)24-14/h4-10H,11H2,1-3H3,(H,21,28)(H,22,23). The number of aryl methyl sites for hydroxylation is 1. The third-order valence-corrected chi connectivity index (χ3v) is 5.93. The number of nitrogens with zero attached hydrogens (tertiary/aromatic N) is 4. The Morgan fingerprint density at radius 3 is 2.83 bits per heavy atom. The SMILES string of the molecule is Cc1c(Sc2ccc3[nH]ncc3c2)cc(C(=O)NCc2ccc(=O)n(C)n2)n1C. The van der Waals surface area contributed by atoms with Crippen molar-refractivity contribution in [3.05, 3.63) is 70.0 Å². The van der Waals surface area contributed by atoms with Crippen LogP contribution in [-0.4, -0.2) is 30.5 Å². The molecule has 4 rings (SSSR count). The van der Waals surface area contributed by atoms with E-state index in [0.29, 0.717) is 11.4 Å². The number of rotatable bonds is 5. The summed E-state index contributed by atoms with van der Waals surface area (Å²) in [5.41, 5.74) is 3.00. The third-order valence-electron chi connectivity index (χ3n) is 4.81. The van der Waals surface area contributed by atoms with Gasteiger partial charge in [0.05, 0.1) is 24.0 Å². The quantitative estimate of drug-likeness (QED) is 0.528. The molecule has 0 saturated heterocycles. The normalized spacial score (nSPS) is 11.1. The number of aromatic amines is 1. The summed E-state index contributed by atoms with van der Waals surface area (Å²) in [6.07, 6.45) is 1.80. The van der Waals surface area contributed by atoms with E-state index in [0.717, 1.165) is 26.4 Å². The average molecular weight is 408 g/mol. The highest BCUT2D eigenvalue weighted by Gasteiger charge is 2.16. The maximum Gasteiger partial charge on any atom is 0.268 e. The van der Waals surface area contributed by atoms with Crippen LogP contribution in [0.2, 0.25) is 0 Å². The monoisotopic (exact) mass is 408 g/mol. The van der Waals surface area contributed by atoms with Gasteiger partial charge in [-0.25, -0.2) is 4.68 Å². The largest absolute Gasteiger partial charge is 0.345 e. The van der Waals surface area contributed by atoms with Crippen molar-refractivity contribution in [2.75, 3.05) is 0 Å². The van der Waals surface area contributed by atoms with E-state index < -0.39 is 0 Å². The van der Waals surface area contributed by atoms with Crippen LogP contribution >= 0.6 is 11.8 Å². The van der Waals surface area contributed by atoms with Gasteiger partial charge in [-0.2, -0.15) is 10.2 Å². The van der Waals surface area contributed by atoms with Gasteiger partial charge in [0, 0.05) is 41.0 Å². The van der Waals surface area contributed by atoms with Crippen LogP contribution < -0.4 is 10.9 Å². The Balaban J connectivity index is 1.51. The molecule has 0 spiro atoms. The zero-order valence-electron chi connectivity index (χ0n) is 16.3. The lowest BCUT2D eigenvalue weighted by molar-refractivity contribution is 0.0942. The molecule has 4 aromatic rings. The van der Waals surface area contributed by atoms with Crippen LogP contribution in [0.15, 0.2) is 57.2 Å². The first kappa shape index (κ1) is 19.0. The lowest BCUT2D eigenvalue weighted by Crippen LogP contribution is -2.27. The second-order valence-corrected chi connectivity index (χ2v) is 7.84. The van der Waals surface area contributed by atoms with Gasteiger partial charge in [-0.05, 0) is 37.3 Å². The second kappa shape index (κ2) is 7.59. The predicted molar refractivity (Wildman–Crippen MR) is 111 cm³/mol. The molecule has 29 heavy (non-hydrogen) atoms. The average Bonchev–Trinajstić information content (AvgIpc) is 3.28. The molecular weight excluding hydrogens is 388 g/mol. The number of nitrogens with one attached hydrogen (secondary N) is 2. The van der Waals surface area contributed by atoms with Gasteiger partial charge >= 0.3 is 0 Å². The van der Waals surface area contributed by atoms with Crippen molar-refractivity contribution in [1.29, 1.82) is 0 Å². The molecule has 8 nitrogen and oxygen atoms in total. The molecule has 0 aliphatic carbocycles. The molecule has 0 radical (unpaired) electrons. The van der Waals surface area contributed by atoms with Gasteiger partial charge in [0.25, 0.3) is 11.5 Å². The van der Waals surface area contributed by atoms with Gasteiger partial charge in [-0.3, -0.25) is 14.7 Å². The van der Waals surface area contributed by atoms with Crippen LogP contribution in [0.1, 0.15) is 21.9 Å². The molecule has 3 heterocycles. The molecule has 0 saturated carbocycles. The van der Waals surface area contributed by atoms with Crippen molar-refractivity contribution < 1.29 is 4.79 Å². The number of carbonyl (C=O) groups excluding carboxylic acids is 1. The lowest BCUT2D eigenvalue weighted by Gasteiger charge is -2.07. The van der Waals surface area contributed by atoms with Gasteiger partial charge in [0.1, 0.15) is 5.69 Å². The van der Waals surface area contributed by atoms with Crippen molar-refractivity contribution in [3.8, 4) is 0 Å². The van der Waals surface area contributed by atoms with Crippen LogP contribution in [0, 0.1) is 6.92 Å². The van der Waals surface area contributed by atoms with Crippen molar-refractivity contribution in [3.63, 3.8) is 0 Å². The molecule has 0 unspecified atom stereocenters. The first-order valence-electron chi connectivity index (χ1n) is 9.01. The Labute approximate surface area is 170 Å². The summed E-state index contributed by atoms with van der Waals surface area (Å²) in [4.78, 5) is 26.2. The van der Waals surface area contributed by atoms with Gasteiger partial charge in [0.2, 0.25) is 0 Å². The Hall–Kier alpha value is -3.33. The number of fused-ring (bicyclic) bond motifs is 1. The summed E-state index contributed by atoms with van der Waals surface area (Å²) in [7, 11) is 3.46. The van der Waals surface area contributed by atoms with Crippen LogP contribution in [0.4, 0.5) is 0 Å². The van der Waals surface area contributed by atoms with E-state index in [1.54, 1.807) is 31.1 Å². The maximum absolute atomic E-state index is 12.7. The van der Waals surface area contributed by atoms with Crippen LogP contribution in [-0.2, 0) is 20.6 Å². The Bertz CT molecular complexity index is 1270. The fourth-order valence-electron chi connectivity index (χ4n) is 3.01. The molecule has 0 atom stereocenters. The summed E-state index contributed by atoms with van der Waals surface area (Å²) in [5.74, 6) is -0.191.